The summed E-state index contributed by atoms with van der Waals surface area (Å²) in [5.74, 6) is 0.972. The molecular weight excluding hydrogens is 307 g/mol. The van der Waals surface area contributed by atoms with Gasteiger partial charge in [-0.3, -0.25) is 0 Å². The van der Waals surface area contributed by atoms with Crippen molar-refractivity contribution in [2.45, 2.75) is 13.8 Å². The molecule has 3 nitrogen and oxygen atoms in total. The van der Waals surface area contributed by atoms with Gasteiger partial charge in [0, 0.05) is 0 Å². The largest absolute Gasteiger partial charge is 0.461 e. The predicted octanol–water partition coefficient (Wildman–Crippen LogP) is 5.33. The van der Waals surface area contributed by atoms with Crippen molar-refractivity contribution in [1.29, 1.82) is 0 Å². The fourth-order valence-electron chi connectivity index (χ4n) is 2.19. The Morgan fingerprint density at radius 3 is 2.14 bits per heavy atom. The van der Waals surface area contributed by atoms with E-state index < -0.39 is 0 Å². The van der Waals surface area contributed by atoms with Gasteiger partial charge in [-0.05, 0) is 36.6 Å². The van der Waals surface area contributed by atoms with Crippen molar-refractivity contribution in [3.63, 3.8) is 0 Å². The first kappa shape index (κ1) is 14.1. The van der Waals surface area contributed by atoms with Crippen molar-refractivity contribution in [3.05, 3.63) is 58.0 Å². The zero-order valence-electron chi connectivity index (χ0n) is 11.5. The second kappa shape index (κ2) is 5.51. The van der Waals surface area contributed by atoms with Crippen LogP contribution >= 0.6 is 23.2 Å². The molecule has 2 heterocycles. The minimum absolute atomic E-state index is 0.315. The number of aryl methyl sites for hydroxylation is 2. The van der Waals surface area contributed by atoms with Crippen LogP contribution in [0, 0.1) is 13.8 Å². The van der Waals surface area contributed by atoms with Gasteiger partial charge in [0.2, 0.25) is 0 Å². The van der Waals surface area contributed by atoms with Gasteiger partial charge in [0.15, 0.2) is 11.6 Å². The lowest BCUT2D eigenvalue weighted by atomic mass is 10.0. The molecule has 0 fully saturated rings. The molecule has 0 radical (unpaired) electrons. The third kappa shape index (κ3) is 2.55. The van der Waals surface area contributed by atoms with Crippen molar-refractivity contribution >= 4 is 23.2 Å². The summed E-state index contributed by atoms with van der Waals surface area (Å²) in [7, 11) is 0. The lowest BCUT2D eigenvalue weighted by molar-refractivity contribution is 0.575. The molecule has 3 rings (SSSR count). The first-order valence-electron chi connectivity index (χ1n) is 6.41. The molecular formula is C16H12Cl2N2O. The van der Waals surface area contributed by atoms with Gasteiger partial charge < -0.3 is 4.42 Å². The maximum atomic E-state index is 6.33. The lowest BCUT2D eigenvalue weighted by Gasteiger charge is -2.10. The average molecular weight is 319 g/mol. The van der Waals surface area contributed by atoms with Gasteiger partial charge in [-0.25, -0.2) is 9.97 Å². The summed E-state index contributed by atoms with van der Waals surface area (Å²) < 4.78 is 5.39. The SMILES string of the molecule is Cc1ccccc1-c1c(Cl)nc(-c2occc2C)nc1Cl. The highest BCUT2D eigenvalue weighted by molar-refractivity contribution is 6.37. The van der Waals surface area contributed by atoms with Crippen LogP contribution in [0.1, 0.15) is 11.1 Å². The molecule has 0 saturated heterocycles. The third-order valence-corrected chi connectivity index (χ3v) is 3.85. The number of nitrogens with zero attached hydrogens (tertiary/aromatic N) is 2. The summed E-state index contributed by atoms with van der Waals surface area (Å²) in [6.07, 6.45) is 1.59. The topological polar surface area (TPSA) is 38.9 Å². The van der Waals surface area contributed by atoms with Gasteiger partial charge >= 0.3 is 0 Å². The van der Waals surface area contributed by atoms with E-state index in [2.05, 4.69) is 9.97 Å². The first-order chi connectivity index (χ1) is 10.1. The van der Waals surface area contributed by atoms with Gasteiger partial charge in [0.1, 0.15) is 10.3 Å². The van der Waals surface area contributed by atoms with Crippen molar-refractivity contribution in [1.82, 2.24) is 9.97 Å². The van der Waals surface area contributed by atoms with Crippen LogP contribution in [0.3, 0.4) is 0 Å². The zero-order chi connectivity index (χ0) is 15.0. The monoisotopic (exact) mass is 318 g/mol. The number of hydrogen-bond donors (Lipinski definition) is 0. The number of benzene rings is 1. The fourth-order valence-corrected chi connectivity index (χ4v) is 2.78. The van der Waals surface area contributed by atoms with Crippen LogP contribution in [-0.4, -0.2) is 9.97 Å². The zero-order valence-corrected chi connectivity index (χ0v) is 13.0. The molecule has 0 saturated carbocycles. The van der Waals surface area contributed by atoms with E-state index in [1.54, 1.807) is 6.26 Å². The molecule has 0 amide bonds. The van der Waals surface area contributed by atoms with Gasteiger partial charge in [0.25, 0.3) is 0 Å². The standard InChI is InChI=1S/C16H12Cl2N2O/c1-9-5-3-4-6-11(9)12-14(17)19-16(20-15(12)18)13-10(2)7-8-21-13/h3-8H,1-2H3. The Hall–Kier alpha value is -1.84. The van der Waals surface area contributed by atoms with E-state index in [-0.39, 0.29) is 0 Å². The van der Waals surface area contributed by atoms with Crippen LogP contribution in [0.2, 0.25) is 10.3 Å². The smallest absolute Gasteiger partial charge is 0.198 e. The van der Waals surface area contributed by atoms with E-state index in [9.17, 15) is 0 Å². The van der Waals surface area contributed by atoms with Crippen LogP contribution in [0.5, 0.6) is 0 Å². The van der Waals surface area contributed by atoms with E-state index in [0.29, 0.717) is 27.5 Å². The Morgan fingerprint density at radius 2 is 1.57 bits per heavy atom. The second-order valence-corrected chi connectivity index (χ2v) is 5.47. The Balaban J connectivity index is 2.18. The molecule has 106 valence electrons. The minimum atomic E-state index is 0.315. The van der Waals surface area contributed by atoms with Crippen LogP contribution in [0.25, 0.3) is 22.7 Å². The lowest BCUT2D eigenvalue weighted by Crippen LogP contribution is -1.96. The summed E-state index contributed by atoms with van der Waals surface area (Å²) in [6.45, 7) is 3.91. The van der Waals surface area contributed by atoms with Crippen molar-refractivity contribution in [2.75, 3.05) is 0 Å². The second-order valence-electron chi connectivity index (χ2n) is 4.75. The molecule has 0 aliphatic heterocycles. The minimum Gasteiger partial charge on any atom is -0.461 e. The van der Waals surface area contributed by atoms with E-state index in [0.717, 1.165) is 16.7 Å². The molecule has 0 bridgehead atoms. The molecule has 0 atom stereocenters. The number of hydrogen-bond acceptors (Lipinski definition) is 3. The maximum Gasteiger partial charge on any atom is 0.198 e. The number of furan rings is 1. The quantitative estimate of drug-likeness (QED) is 0.599. The molecule has 1 aromatic carbocycles. The summed E-state index contributed by atoms with van der Waals surface area (Å²) in [5.41, 5.74) is 3.57. The summed E-state index contributed by atoms with van der Waals surface area (Å²) in [5, 5.41) is 0.630. The maximum absolute atomic E-state index is 6.33. The molecule has 0 spiro atoms. The van der Waals surface area contributed by atoms with E-state index in [1.165, 1.54) is 0 Å². The van der Waals surface area contributed by atoms with Crippen LogP contribution in [-0.2, 0) is 0 Å². The highest BCUT2D eigenvalue weighted by atomic mass is 35.5. The molecule has 2 aromatic heterocycles. The molecule has 0 aliphatic carbocycles. The normalized spacial score (nSPS) is 10.9. The highest BCUT2D eigenvalue weighted by Gasteiger charge is 2.18. The number of rotatable bonds is 2. The Morgan fingerprint density at radius 1 is 0.905 bits per heavy atom. The Labute approximate surface area is 132 Å². The summed E-state index contributed by atoms with van der Waals surface area (Å²) in [6, 6.07) is 9.67. The van der Waals surface area contributed by atoms with E-state index in [1.807, 2.05) is 44.2 Å². The molecule has 0 unspecified atom stereocenters. The van der Waals surface area contributed by atoms with Crippen molar-refractivity contribution in [2.24, 2.45) is 0 Å². The molecule has 21 heavy (non-hydrogen) atoms. The Bertz CT molecular complexity index is 789. The van der Waals surface area contributed by atoms with E-state index in [4.69, 9.17) is 27.6 Å². The van der Waals surface area contributed by atoms with Gasteiger partial charge in [-0.15, -0.1) is 0 Å². The number of halogens is 2. The first-order valence-corrected chi connectivity index (χ1v) is 7.17. The molecule has 5 heteroatoms. The van der Waals surface area contributed by atoms with Crippen molar-refractivity contribution in [3.8, 4) is 22.7 Å². The van der Waals surface area contributed by atoms with Crippen LogP contribution in [0.15, 0.2) is 41.0 Å². The fraction of sp³-hybridized carbons (Fsp3) is 0.125. The molecule has 0 N–H and O–H groups in total. The van der Waals surface area contributed by atoms with Gasteiger partial charge in [0.05, 0.1) is 11.8 Å². The third-order valence-electron chi connectivity index (χ3n) is 3.30. The Kier molecular flexibility index (Phi) is 3.70. The summed E-state index contributed by atoms with van der Waals surface area (Å²) in [4.78, 5) is 8.66. The molecule has 3 aromatic rings. The van der Waals surface area contributed by atoms with E-state index >= 15 is 0 Å². The number of aromatic nitrogens is 2. The average Bonchev–Trinajstić information content (AvgIpc) is 2.86. The predicted molar refractivity (Wildman–Crippen MR) is 84.7 cm³/mol. The molecule has 0 aliphatic rings. The van der Waals surface area contributed by atoms with Crippen LogP contribution < -0.4 is 0 Å². The highest BCUT2D eigenvalue weighted by Crippen LogP contribution is 2.36. The summed E-state index contributed by atoms with van der Waals surface area (Å²) >= 11 is 12.7. The van der Waals surface area contributed by atoms with Crippen LogP contribution in [0.4, 0.5) is 0 Å². The van der Waals surface area contributed by atoms with Crippen molar-refractivity contribution < 1.29 is 4.42 Å². The van der Waals surface area contributed by atoms with Gasteiger partial charge in [-0.1, -0.05) is 47.5 Å². The van der Waals surface area contributed by atoms with Gasteiger partial charge in [-0.2, -0.15) is 0 Å².